The second kappa shape index (κ2) is 9.84. The average molecular weight is 459 g/mol. The molecule has 3 heterocycles. The lowest BCUT2D eigenvalue weighted by atomic mass is 10.1. The van der Waals surface area contributed by atoms with Gasteiger partial charge >= 0.3 is 0 Å². The largest absolute Gasteiger partial charge is 0.369 e. The molecule has 1 aromatic carbocycles. The summed E-state index contributed by atoms with van der Waals surface area (Å²) < 4.78 is 0. The number of nitrogens with two attached hydrogens (primary N) is 1. The zero-order chi connectivity index (χ0) is 23.4. The molecule has 3 aromatic rings. The molecule has 1 saturated heterocycles. The van der Waals surface area contributed by atoms with Crippen molar-refractivity contribution in [1.82, 2.24) is 9.88 Å². The lowest BCUT2D eigenvalue weighted by molar-refractivity contribution is -0.129. The van der Waals surface area contributed by atoms with Crippen LogP contribution in [-0.4, -0.2) is 41.9 Å². The SMILES string of the molecule is Cc1cccnc1N1CCC(C(=O)N(C)C(N)=NCc2cc(-c3cccc(C#N)c3)cs2)C1. The van der Waals surface area contributed by atoms with E-state index >= 15 is 0 Å². The molecule has 1 amide bonds. The number of hydrogen-bond acceptors (Lipinski definition) is 6. The maximum Gasteiger partial charge on any atom is 0.233 e. The van der Waals surface area contributed by atoms with Gasteiger partial charge in [0.1, 0.15) is 5.82 Å². The van der Waals surface area contributed by atoms with E-state index in [0.717, 1.165) is 40.4 Å². The Bertz CT molecular complexity index is 1230. The topological polar surface area (TPSA) is 98.6 Å². The van der Waals surface area contributed by atoms with Crippen molar-refractivity contribution in [3.05, 3.63) is 70.0 Å². The van der Waals surface area contributed by atoms with Crippen LogP contribution in [0.25, 0.3) is 11.1 Å². The molecule has 0 spiro atoms. The number of carbonyl (C=O) groups excluding carboxylic acids is 1. The van der Waals surface area contributed by atoms with Crippen molar-refractivity contribution in [2.75, 3.05) is 25.0 Å². The van der Waals surface area contributed by atoms with Gasteiger partial charge in [0.25, 0.3) is 0 Å². The van der Waals surface area contributed by atoms with Crippen molar-refractivity contribution >= 4 is 29.0 Å². The molecule has 0 aliphatic carbocycles. The molecule has 8 heteroatoms. The zero-order valence-corrected chi connectivity index (χ0v) is 19.5. The van der Waals surface area contributed by atoms with Crippen LogP contribution >= 0.6 is 11.3 Å². The van der Waals surface area contributed by atoms with Gasteiger partial charge in [-0.25, -0.2) is 9.98 Å². The lowest BCUT2D eigenvalue weighted by Gasteiger charge is -2.22. The normalized spacial score (nSPS) is 16.0. The second-order valence-electron chi connectivity index (χ2n) is 8.14. The van der Waals surface area contributed by atoms with Crippen molar-refractivity contribution in [2.24, 2.45) is 16.6 Å². The molecular weight excluding hydrogens is 432 g/mol. The van der Waals surface area contributed by atoms with E-state index in [0.29, 0.717) is 18.7 Å². The fourth-order valence-corrected chi connectivity index (χ4v) is 4.81. The van der Waals surface area contributed by atoms with Crippen LogP contribution in [-0.2, 0) is 11.3 Å². The summed E-state index contributed by atoms with van der Waals surface area (Å²) in [6.45, 7) is 3.86. The molecule has 1 aliphatic rings. The van der Waals surface area contributed by atoms with Gasteiger partial charge in [0, 0.05) is 31.2 Å². The Morgan fingerprint density at radius 3 is 2.97 bits per heavy atom. The van der Waals surface area contributed by atoms with Gasteiger partial charge in [0.2, 0.25) is 5.91 Å². The van der Waals surface area contributed by atoms with Crippen LogP contribution in [0.3, 0.4) is 0 Å². The van der Waals surface area contributed by atoms with Crippen LogP contribution in [0.1, 0.15) is 22.4 Å². The first-order chi connectivity index (χ1) is 16.0. The minimum absolute atomic E-state index is 0.0208. The smallest absolute Gasteiger partial charge is 0.233 e. The predicted octanol–water partition coefficient (Wildman–Crippen LogP) is 3.79. The van der Waals surface area contributed by atoms with Gasteiger partial charge in [-0.3, -0.25) is 9.69 Å². The molecule has 1 unspecified atom stereocenters. The quantitative estimate of drug-likeness (QED) is 0.463. The maximum atomic E-state index is 13.0. The highest BCUT2D eigenvalue weighted by molar-refractivity contribution is 7.10. The number of aryl methyl sites for hydroxylation is 1. The molecule has 2 aromatic heterocycles. The number of carbonyl (C=O) groups is 1. The van der Waals surface area contributed by atoms with E-state index in [1.807, 2.05) is 48.7 Å². The highest BCUT2D eigenvalue weighted by atomic mass is 32.1. The van der Waals surface area contributed by atoms with E-state index in [4.69, 9.17) is 11.0 Å². The van der Waals surface area contributed by atoms with E-state index in [1.165, 1.54) is 4.90 Å². The van der Waals surface area contributed by atoms with Gasteiger partial charge in [-0.15, -0.1) is 11.3 Å². The molecule has 0 bridgehead atoms. The van der Waals surface area contributed by atoms with E-state index in [9.17, 15) is 4.79 Å². The van der Waals surface area contributed by atoms with E-state index in [-0.39, 0.29) is 17.8 Å². The van der Waals surface area contributed by atoms with Crippen molar-refractivity contribution in [3.63, 3.8) is 0 Å². The fourth-order valence-electron chi connectivity index (χ4n) is 4.00. The summed E-state index contributed by atoms with van der Waals surface area (Å²) in [6.07, 6.45) is 2.55. The van der Waals surface area contributed by atoms with E-state index < -0.39 is 0 Å². The number of rotatable bonds is 5. The third-order valence-electron chi connectivity index (χ3n) is 5.87. The Labute approximate surface area is 197 Å². The number of nitrogens with zero attached hydrogens (tertiary/aromatic N) is 5. The first kappa shape index (κ1) is 22.5. The molecule has 168 valence electrons. The number of amides is 1. The molecule has 1 atom stereocenters. The van der Waals surface area contributed by atoms with Crippen LogP contribution < -0.4 is 10.6 Å². The molecule has 4 rings (SSSR count). The number of guanidine groups is 1. The van der Waals surface area contributed by atoms with Gasteiger partial charge in [0.05, 0.1) is 24.1 Å². The van der Waals surface area contributed by atoms with Crippen LogP contribution in [0.5, 0.6) is 0 Å². The zero-order valence-electron chi connectivity index (χ0n) is 18.7. The minimum Gasteiger partial charge on any atom is -0.369 e. The number of aromatic nitrogens is 1. The summed E-state index contributed by atoms with van der Waals surface area (Å²) in [6, 6.07) is 15.7. The van der Waals surface area contributed by atoms with Crippen LogP contribution in [0, 0.1) is 24.2 Å². The van der Waals surface area contributed by atoms with Crippen molar-refractivity contribution in [3.8, 4) is 17.2 Å². The Balaban J connectivity index is 1.37. The molecule has 1 fully saturated rings. The number of anilines is 1. The average Bonchev–Trinajstić information content (AvgIpc) is 3.52. The molecule has 0 saturated carbocycles. The monoisotopic (exact) mass is 458 g/mol. The molecule has 0 radical (unpaired) electrons. The Kier molecular flexibility index (Phi) is 6.71. The molecule has 33 heavy (non-hydrogen) atoms. The molecule has 7 nitrogen and oxygen atoms in total. The minimum atomic E-state index is -0.133. The van der Waals surface area contributed by atoms with Gasteiger partial charge in [0.15, 0.2) is 5.96 Å². The summed E-state index contributed by atoms with van der Waals surface area (Å²) in [7, 11) is 1.68. The Morgan fingerprint density at radius 1 is 1.33 bits per heavy atom. The number of benzene rings is 1. The summed E-state index contributed by atoms with van der Waals surface area (Å²) in [5.41, 5.74) is 9.93. The van der Waals surface area contributed by atoms with Crippen LogP contribution in [0.15, 0.2) is 59.0 Å². The van der Waals surface area contributed by atoms with Gasteiger partial charge in [-0.1, -0.05) is 18.2 Å². The third-order valence-corrected chi connectivity index (χ3v) is 6.79. The van der Waals surface area contributed by atoms with Gasteiger partial charge in [-0.05, 0) is 59.7 Å². The summed E-state index contributed by atoms with van der Waals surface area (Å²) in [4.78, 5) is 26.6. The third kappa shape index (κ3) is 5.04. The number of aliphatic imine (C=N–C) groups is 1. The van der Waals surface area contributed by atoms with Crippen molar-refractivity contribution < 1.29 is 4.79 Å². The molecular formula is C25H26N6OS. The maximum absolute atomic E-state index is 13.0. The van der Waals surface area contributed by atoms with Gasteiger partial charge < -0.3 is 10.6 Å². The summed E-state index contributed by atoms with van der Waals surface area (Å²) >= 11 is 1.58. The second-order valence-corrected chi connectivity index (χ2v) is 9.14. The van der Waals surface area contributed by atoms with Crippen LogP contribution in [0.2, 0.25) is 0 Å². The summed E-state index contributed by atoms with van der Waals surface area (Å²) in [5, 5.41) is 11.1. The first-order valence-electron chi connectivity index (χ1n) is 10.8. The van der Waals surface area contributed by atoms with E-state index in [1.54, 1.807) is 30.6 Å². The number of hydrogen-bond donors (Lipinski definition) is 1. The highest BCUT2D eigenvalue weighted by Crippen LogP contribution is 2.27. The summed E-state index contributed by atoms with van der Waals surface area (Å²) in [5.74, 6) is 0.998. The standard InChI is InChI=1S/C25H26N6OS/c1-17-5-4-9-28-23(17)31-10-8-20(15-31)24(32)30(2)25(27)29-14-22-12-21(16-33-22)19-7-3-6-18(11-19)13-26/h3-7,9,11-12,16,20H,8,10,14-15H2,1-2H3,(H2,27,29). The Hall–Kier alpha value is -3.70. The van der Waals surface area contributed by atoms with Crippen molar-refractivity contribution in [1.29, 1.82) is 5.26 Å². The fraction of sp³-hybridized carbons (Fsp3) is 0.280. The van der Waals surface area contributed by atoms with Crippen LogP contribution in [0.4, 0.5) is 5.82 Å². The number of pyridine rings is 1. The highest BCUT2D eigenvalue weighted by Gasteiger charge is 2.32. The van der Waals surface area contributed by atoms with Crippen molar-refractivity contribution in [2.45, 2.75) is 19.9 Å². The predicted molar refractivity (Wildman–Crippen MR) is 132 cm³/mol. The number of thiophene rings is 1. The first-order valence-corrected chi connectivity index (χ1v) is 11.7. The molecule has 1 aliphatic heterocycles. The van der Waals surface area contributed by atoms with Gasteiger partial charge in [-0.2, -0.15) is 5.26 Å². The lowest BCUT2D eigenvalue weighted by Crippen LogP contribution is -2.43. The van der Waals surface area contributed by atoms with E-state index in [2.05, 4.69) is 20.9 Å². The molecule has 2 N–H and O–H groups in total. The number of nitriles is 1. The Morgan fingerprint density at radius 2 is 2.18 bits per heavy atom.